The minimum absolute atomic E-state index is 0.0570. The molecule has 0 amide bonds. The normalized spacial score (nSPS) is 29.4. The van der Waals surface area contributed by atoms with Crippen molar-refractivity contribution in [2.45, 2.75) is 69.6 Å². The fourth-order valence-corrected chi connectivity index (χ4v) is 3.01. The first-order valence-electron chi connectivity index (χ1n) is 7.23. The molecule has 0 aliphatic heterocycles. The molecule has 0 aromatic carbocycles. The van der Waals surface area contributed by atoms with Gasteiger partial charge in [0.05, 0.1) is 12.6 Å². The Morgan fingerprint density at radius 3 is 2.56 bits per heavy atom. The van der Waals surface area contributed by atoms with Gasteiger partial charge in [-0.1, -0.05) is 12.8 Å². The molecule has 4 nitrogen and oxygen atoms in total. The van der Waals surface area contributed by atoms with Crippen molar-refractivity contribution in [1.29, 1.82) is 0 Å². The van der Waals surface area contributed by atoms with E-state index >= 15 is 0 Å². The van der Waals surface area contributed by atoms with E-state index in [1.165, 1.54) is 25.7 Å². The Bertz CT molecular complexity index is 264. The lowest BCUT2D eigenvalue weighted by atomic mass is 9.95. The summed E-state index contributed by atoms with van der Waals surface area (Å²) in [5, 5.41) is 3.29. The van der Waals surface area contributed by atoms with E-state index in [9.17, 15) is 4.79 Å². The maximum Gasteiger partial charge on any atom is 0.320 e. The molecule has 0 aromatic heterocycles. The lowest BCUT2D eigenvalue weighted by molar-refractivity contribution is -0.151. The van der Waals surface area contributed by atoms with E-state index in [4.69, 9.17) is 9.47 Å². The van der Waals surface area contributed by atoms with Crippen molar-refractivity contribution in [3.05, 3.63) is 0 Å². The summed E-state index contributed by atoms with van der Waals surface area (Å²) in [7, 11) is 1.73. The molecule has 0 radical (unpaired) electrons. The van der Waals surface area contributed by atoms with E-state index in [0.717, 1.165) is 25.7 Å². The van der Waals surface area contributed by atoms with Crippen molar-refractivity contribution in [2.75, 3.05) is 13.7 Å². The Hall–Kier alpha value is -0.610. The SMILES string of the molecule is COC1CCCC(OC(=O)CNC2CCCC2)C1. The number of hydrogen-bond donors (Lipinski definition) is 1. The maximum atomic E-state index is 11.7. The molecule has 0 aromatic rings. The fraction of sp³-hybridized carbons (Fsp3) is 0.929. The highest BCUT2D eigenvalue weighted by Gasteiger charge is 2.25. The van der Waals surface area contributed by atoms with Gasteiger partial charge in [0.2, 0.25) is 0 Å². The van der Waals surface area contributed by atoms with E-state index in [2.05, 4.69) is 5.32 Å². The molecular weight excluding hydrogens is 230 g/mol. The fourth-order valence-electron chi connectivity index (χ4n) is 3.01. The van der Waals surface area contributed by atoms with Crippen LogP contribution in [0.15, 0.2) is 0 Å². The molecule has 104 valence electrons. The molecule has 2 rings (SSSR count). The van der Waals surface area contributed by atoms with Crippen LogP contribution in [0, 0.1) is 0 Å². The first-order valence-corrected chi connectivity index (χ1v) is 7.23. The zero-order valence-corrected chi connectivity index (χ0v) is 11.3. The van der Waals surface area contributed by atoms with Gasteiger partial charge in [-0.3, -0.25) is 4.79 Å². The topological polar surface area (TPSA) is 47.6 Å². The van der Waals surface area contributed by atoms with Gasteiger partial charge in [-0.25, -0.2) is 0 Å². The Balaban J connectivity index is 1.63. The van der Waals surface area contributed by atoms with Gasteiger partial charge >= 0.3 is 5.97 Å². The van der Waals surface area contributed by atoms with E-state index < -0.39 is 0 Å². The molecule has 2 aliphatic rings. The van der Waals surface area contributed by atoms with Crippen molar-refractivity contribution in [2.24, 2.45) is 0 Å². The van der Waals surface area contributed by atoms with Gasteiger partial charge in [0, 0.05) is 19.6 Å². The third-order valence-corrected chi connectivity index (χ3v) is 4.10. The molecular formula is C14H25NO3. The first kappa shape index (κ1) is 13.8. The second-order valence-electron chi connectivity index (χ2n) is 5.50. The third-order valence-electron chi connectivity index (χ3n) is 4.10. The monoisotopic (exact) mass is 255 g/mol. The van der Waals surface area contributed by atoms with E-state index in [0.29, 0.717) is 12.6 Å². The van der Waals surface area contributed by atoms with Gasteiger partial charge < -0.3 is 14.8 Å². The minimum Gasteiger partial charge on any atom is -0.461 e. The molecule has 2 fully saturated rings. The molecule has 0 bridgehead atoms. The summed E-state index contributed by atoms with van der Waals surface area (Å²) in [6.07, 6.45) is 9.29. The number of rotatable bonds is 5. The van der Waals surface area contributed by atoms with Gasteiger partial charge in [0.15, 0.2) is 0 Å². The van der Waals surface area contributed by atoms with Crippen molar-refractivity contribution < 1.29 is 14.3 Å². The van der Waals surface area contributed by atoms with Crippen LogP contribution in [-0.4, -0.2) is 37.9 Å². The third kappa shape index (κ3) is 4.25. The van der Waals surface area contributed by atoms with Crippen LogP contribution in [0.5, 0.6) is 0 Å². The quantitative estimate of drug-likeness (QED) is 0.764. The number of nitrogens with one attached hydrogen (secondary N) is 1. The average Bonchev–Trinajstić information content (AvgIpc) is 2.90. The van der Waals surface area contributed by atoms with Crippen molar-refractivity contribution in [3.63, 3.8) is 0 Å². The summed E-state index contributed by atoms with van der Waals surface area (Å²) in [5.74, 6) is -0.108. The number of carbonyl (C=O) groups excluding carboxylic acids is 1. The summed E-state index contributed by atoms with van der Waals surface area (Å²) >= 11 is 0. The van der Waals surface area contributed by atoms with Crippen LogP contribution in [0.3, 0.4) is 0 Å². The number of methoxy groups -OCH3 is 1. The van der Waals surface area contributed by atoms with Gasteiger partial charge in [0.1, 0.15) is 6.10 Å². The minimum atomic E-state index is -0.108. The molecule has 0 heterocycles. The van der Waals surface area contributed by atoms with Gasteiger partial charge in [0.25, 0.3) is 0 Å². The summed E-state index contributed by atoms with van der Waals surface area (Å²) in [5.41, 5.74) is 0. The highest BCUT2D eigenvalue weighted by Crippen LogP contribution is 2.23. The van der Waals surface area contributed by atoms with E-state index in [1.54, 1.807) is 7.11 Å². The smallest absolute Gasteiger partial charge is 0.320 e. The van der Waals surface area contributed by atoms with Crippen LogP contribution in [0.2, 0.25) is 0 Å². The first-order chi connectivity index (χ1) is 8.78. The Morgan fingerprint density at radius 2 is 1.83 bits per heavy atom. The van der Waals surface area contributed by atoms with Crippen molar-refractivity contribution in [3.8, 4) is 0 Å². The van der Waals surface area contributed by atoms with Crippen LogP contribution in [-0.2, 0) is 14.3 Å². The largest absolute Gasteiger partial charge is 0.461 e. The second-order valence-corrected chi connectivity index (χ2v) is 5.50. The lowest BCUT2D eigenvalue weighted by Gasteiger charge is -2.28. The molecule has 2 atom stereocenters. The summed E-state index contributed by atoms with van der Waals surface area (Å²) in [6.45, 7) is 0.360. The van der Waals surface area contributed by atoms with Crippen LogP contribution < -0.4 is 5.32 Å². The van der Waals surface area contributed by atoms with Gasteiger partial charge in [-0.2, -0.15) is 0 Å². The molecule has 0 saturated heterocycles. The van der Waals surface area contributed by atoms with Gasteiger partial charge in [-0.15, -0.1) is 0 Å². The standard InChI is InChI=1S/C14H25NO3/c1-17-12-7-4-8-13(9-12)18-14(16)10-15-11-5-2-3-6-11/h11-13,15H,2-10H2,1H3. The number of esters is 1. The highest BCUT2D eigenvalue weighted by atomic mass is 16.5. The number of carbonyl (C=O) groups is 1. The molecule has 4 heteroatoms. The van der Waals surface area contributed by atoms with Crippen LogP contribution >= 0.6 is 0 Å². The molecule has 18 heavy (non-hydrogen) atoms. The van der Waals surface area contributed by atoms with Crippen LogP contribution in [0.1, 0.15) is 51.4 Å². The maximum absolute atomic E-state index is 11.7. The summed E-state index contributed by atoms with van der Waals surface area (Å²) < 4.78 is 10.8. The zero-order chi connectivity index (χ0) is 12.8. The van der Waals surface area contributed by atoms with Crippen molar-refractivity contribution in [1.82, 2.24) is 5.32 Å². The summed E-state index contributed by atoms with van der Waals surface area (Å²) in [4.78, 5) is 11.7. The predicted octanol–water partition coefficient (Wildman–Crippen LogP) is 2.02. The number of hydrogen-bond acceptors (Lipinski definition) is 4. The molecule has 2 saturated carbocycles. The Morgan fingerprint density at radius 1 is 1.11 bits per heavy atom. The molecule has 0 spiro atoms. The van der Waals surface area contributed by atoms with Crippen molar-refractivity contribution >= 4 is 5.97 Å². The Kier molecular flexibility index (Phi) is 5.45. The van der Waals surface area contributed by atoms with Crippen LogP contribution in [0.25, 0.3) is 0 Å². The average molecular weight is 255 g/mol. The zero-order valence-electron chi connectivity index (χ0n) is 11.3. The lowest BCUT2D eigenvalue weighted by Crippen LogP contribution is -2.36. The van der Waals surface area contributed by atoms with E-state index in [-0.39, 0.29) is 18.2 Å². The summed E-state index contributed by atoms with van der Waals surface area (Å²) in [6, 6.07) is 0.524. The second kappa shape index (κ2) is 7.10. The van der Waals surface area contributed by atoms with Crippen LogP contribution in [0.4, 0.5) is 0 Å². The van der Waals surface area contributed by atoms with Gasteiger partial charge in [-0.05, 0) is 32.1 Å². The molecule has 1 N–H and O–H groups in total. The highest BCUT2D eigenvalue weighted by molar-refractivity contribution is 5.71. The molecule has 2 unspecified atom stereocenters. The molecule has 2 aliphatic carbocycles. The Labute approximate surface area is 109 Å². The number of ether oxygens (including phenoxy) is 2. The van der Waals surface area contributed by atoms with E-state index in [1.807, 2.05) is 0 Å². The predicted molar refractivity (Wildman–Crippen MR) is 69.4 cm³/mol.